The highest BCUT2D eigenvalue weighted by Gasteiger charge is 2.42. The van der Waals surface area contributed by atoms with E-state index < -0.39 is 5.92 Å². The molecule has 0 radical (unpaired) electrons. The number of hydrogen-bond acceptors (Lipinski definition) is 4. The summed E-state index contributed by atoms with van der Waals surface area (Å²) in [6.07, 6.45) is 2.29. The van der Waals surface area contributed by atoms with Crippen LogP contribution < -0.4 is 4.74 Å². The van der Waals surface area contributed by atoms with Crippen LogP contribution in [0.5, 0.6) is 5.75 Å². The number of nitrogens with zero attached hydrogens (tertiary/aromatic N) is 1. The van der Waals surface area contributed by atoms with Gasteiger partial charge in [0.2, 0.25) is 5.91 Å². The van der Waals surface area contributed by atoms with Gasteiger partial charge in [-0.25, -0.2) is 0 Å². The molecule has 2 fully saturated rings. The van der Waals surface area contributed by atoms with E-state index in [9.17, 15) is 14.4 Å². The summed E-state index contributed by atoms with van der Waals surface area (Å²) in [5, 5.41) is 0. The van der Waals surface area contributed by atoms with Crippen molar-refractivity contribution in [3.05, 3.63) is 65.7 Å². The van der Waals surface area contributed by atoms with Crippen LogP contribution in [0.3, 0.4) is 0 Å². The number of ether oxygens (including phenoxy) is 1. The van der Waals surface area contributed by atoms with Crippen molar-refractivity contribution in [1.82, 2.24) is 4.90 Å². The van der Waals surface area contributed by atoms with Gasteiger partial charge < -0.3 is 9.64 Å². The minimum Gasteiger partial charge on any atom is -0.426 e. The molecule has 1 aliphatic carbocycles. The standard InChI is InChI=1S/C21H19NO4/c23-19-12-16(13-22(19)17-8-9-17)21(25)26-18-10-6-15(7-11-18)20(24)14-4-2-1-3-5-14/h1-7,10-11,16-17H,8-9,12-13H2. The summed E-state index contributed by atoms with van der Waals surface area (Å²) in [4.78, 5) is 38.5. The van der Waals surface area contributed by atoms with Crippen LogP contribution in [0.1, 0.15) is 35.2 Å². The largest absolute Gasteiger partial charge is 0.426 e. The van der Waals surface area contributed by atoms with Gasteiger partial charge in [-0.05, 0) is 37.1 Å². The van der Waals surface area contributed by atoms with Crippen LogP contribution in [0.4, 0.5) is 0 Å². The second kappa shape index (κ2) is 6.75. The summed E-state index contributed by atoms with van der Waals surface area (Å²) < 4.78 is 5.41. The number of ketones is 1. The van der Waals surface area contributed by atoms with Crippen molar-refractivity contribution in [2.24, 2.45) is 5.92 Å². The summed E-state index contributed by atoms with van der Waals surface area (Å²) in [5.74, 6) is -0.447. The first-order valence-corrected chi connectivity index (χ1v) is 8.83. The van der Waals surface area contributed by atoms with Crippen LogP contribution in [0.25, 0.3) is 0 Å². The molecule has 1 aliphatic heterocycles. The molecule has 5 nitrogen and oxygen atoms in total. The first kappa shape index (κ1) is 16.5. The Hall–Kier alpha value is -2.95. The third kappa shape index (κ3) is 3.38. The predicted octanol–water partition coefficient (Wildman–Crippen LogP) is 2.83. The molecule has 1 saturated carbocycles. The van der Waals surface area contributed by atoms with E-state index in [0.29, 0.717) is 29.5 Å². The second-order valence-corrected chi connectivity index (χ2v) is 6.82. The van der Waals surface area contributed by atoms with Gasteiger partial charge in [0.05, 0.1) is 5.92 Å². The fourth-order valence-corrected chi connectivity index (χ4v) is 3.26. The SMILES string of the molecule is O=C(c1ccccc1)c1ccc(OC(=O)C2CC(=O)N(C3CC3)C2)cc1. The van der Waals surface area contributed by atoms with Crippen molar-refractivity contribution in [3.8, 4) is 5.75 Å². The average Bonchev–Trinajstić information content (AvgIpc) is 3.44. The lowest BCUT2D eigenvalue weighted by Crippen LogP contribution is -2.29. The smallest absolute Gasteiger partial charge is 0.316 e. The Balaban J connectivity index is 1.39. The van der Waals surface area contributed by atoms with E-state index in [-0.39, 0.29) is 24.1 Å². The Bertz CT molecular complexity index is 840. The van der Waals surface area contributed by atoms with Crippen LogP contribution in [0, 0.1) is 5.92 Å². The molecule has 5 heteroatoms. The third-order valence-electron chi connectivity index (χ3n) is 4.85. The Morgan fingerprint density at radius 1 is 0.923 bits per heavy atom. The maximum Gasteiger partial charge on any atom is 0.316 e. The van der Waals surface area contributed by atoms with Crippen LogP contribution in [0.2, 0.25) is 0 Å². The Morgan fingerprint density at radius 3 is 2.23 bits per heavy atom. The fraction of sp³-hybridized carbons (Fsp3) is 0.286. The molecule has 0 aromatic heterocycles. The zero-order chi connectivity index (χ0) is 18.1. The van der Waals surface area contributed by atoms with E-state index in [4.69, 9.17) is 4.74 Å². The van der Waals surface area contributed by atoms with E-state index in [1.807, 2.05) is 18.2 Å². The lowest BCUT2D eigenvalue weighted by Gasteiger charge is -2.15. The van der Waals surface area contributed by atoms with Gasteiger partial charge in [-0.15, -0.1) is 0 Å². The normalized spacial score (nSPS) is 19.5. The van der Waals surface area contributed by atoms with E-state index in [1.165, 1.54) is 0 Å². The molecule has 26 heavy (non-hydrogen) atoms. The highest BCUT2D eigenvalue weighted by Crippen LogP contribution is 2.33. The van der Waals surface area contributed by atoms with Gasteiger partial charge in [-0.1, -0.05) is 30.3 Å². The molecule has 1 unspecified atom stereocenters. The zero-order valence-electron chi connectivity index (χ0n) is 14.3. The van der Waals surface area contributed by atoms with Crippen molar-refractivity contribution < 1.29 is 19.1 Å². The van der Waals surface area contributed by atoms with Crippen LogP contribution in [-0.2, 0) is 9.59 Å². The zero-order valence-corrected chi connectivity index (χ0v) is 14.3. The highest BCUT2D eigenvalue weighted by atomic mass is 16.5. The van der Waals surface area contributed by atoms with Crippen molar-refractivity contribution in [2.75, 3.05) is 6.54 Å². The predicted molar refractivity (Wildman–Crippen MR) is 94.8 cm³/mol. The lowest BCUT2D eigenvalue weighted by atomic mass is 10.0. The first-order chi connectivity index (χ1) is 12.6. The number of carbonyl (C=O) groups is 3. The average molecular weight is 349 g/mol. The molecule has 1 heterocycles. The first-order valence-electron chi connectivity index (χ1n) is 8.83. The number of benzene rings is 2. The van der Waals surface area contributed by atoms with Crippen molar-refractivity contribution in [1.29, 1.82) is 0 Å². The van der Waals surface area contributed by atoms with Crippen LogP contribution in [-0.4, -0.2) is 35.1 Å². The summed E-state index contributed by atoms with van der Waals surface area (Å²) in [6, 6.07) is 15.9. The van der Waals surface area contributed by atoms with Gasteiger partial charge in [-0.3, -0.25) is 14.4 Å². The van der Waals surface area contributed by atoms with E-state index in [0.717, 1.165) is 12.8 Å². The van der Waals surface area contributed by atoms with Crippen molar-refractivity contribution in [3.63, 3.8) is 0 Å². The van der Waals surface area contributed by atoms with Gasteiger partial charge >= 0.3 is 5.97 Å². The summed E-state index contributed by atoms with van der Waals surface area (Å²) >= 11 is 0. The maximum absolute atomic E-state index is 12.4. The molecule has 2 aromatic carbocycles. The molecular weight excluding hydrogens is 330 g/mol. The van der Waals surface area contributed by atoms with Gasteiger partial charge in [-0.2, -0.15) is 0 Å². The number of carbonyl (C=O) groups excluding carboxylic acids is 3. The summed E-state index contributed by atoms with van der Waals surface area (Å²) in [7, 11) is 0. The molecule has 1 atom stereocenters. The number of esters is 1. The van der Waals surface area contributed by atoms with Crippen LogP contribution >= 0.6 is 0 Å². The van der Waals surface area contributed by atoms with Gasteiger partial charge in [0.25, 0.3) is 0 Å². The van der Waals surface area contributed by atoms with E-state index in [1.54, 1.807) is 41.3 Å². The molecule has 0 spiro atoms. The molecule has 2 aromatic rings. The highest BCUT2D eigenvalue weighted by molar-refractivity contribution is 6.09. The topological polar surface area (TPSA) is 63.7 Å². The number of hydrogen-bond donors (Lipinski definition) is 0. The molecule has 1 saturated heterocycles. The number of likely N-dealkylation sites (tertiary alicyclic amines) is 1. The van der Waals surface area contributed by atoms with Crippen LogP contribution in [0.15, 0.2) is 54.6 Å². The fourth-order valence-electron chi connectivity index (χ4n) is 3.26. The summed E-state index contributed by atoms with van der Waals surface area (Å²) in [5.41, 5.74) is 1.15. The monoisotopic (exact) mass is 349 g/mol. The van der Waals surface area contributed by atoms with Gasteiger partial charge in [0, 0.05) is 30.1 Å². The Kier molecular flexibility index (Phi) is 4.29. The van der Waals surface area contributed by atoms with Crippen molar-refractivity contribution >= 4 is 17.7 Å². The third-order valence-corrected chi connectivity index (χ3v) is 4.85. The molecule has 2 aliphatic rings. The minimum atomic E-state index is -0.409. The molecular formula is C21H19NO4. The Morgan fingerprint density at radius 2 is 1.58 bits per heavy atom. The van der Waals surface area contributed by atoms with E-state index >= 15 is 0 Å². The van der Waals surface area contributed by atoms with Gasteiger partial charge in [0.1, 0.15) is 5.75 Å². The molecule has 1 amide bonds. The molecule has 0 N–H and O–H groups in total. The van der Waals surface area contributed by atoms with Gasteiger partial charge in [0.15, 0.2) is 5.78 Å². The number of amides is 1. The molecule has 0 bridgehead atoms. The quantitative estimate of drug-likeness (QED) is 0.473. The number of rotatable bonds is 5. The molecule has 132 valence electrons. The van der Waals surface area contributed by atoms with E-state index in [2.05, 4.69) is 0 Å². The molecule has 4 rings (SSSR count). The second-order valence-electron chi connectivity index (χ2n) is 6.82. The van der Waals surface area contributed by atoms with Crippen molar-refractivity contribution in [2.45, 2.75) is 25.3 Å². The minimum absolute atomic E-state index is 0.0401. The lowest BCUT2D eigenvalue weighted by molar-refractivity contribution is -0.139. The maximum atomic E-state index is 12.4. The Labute approximate surface area is 151 Å². The summed E-state index contributed by atoms with van der Waals surface area (Å²) in [6.45, 7) is 0.451.